The van der Waals surface area contributed by atoms with Crippen molar-refractivity contribution in [3.8, 4) is 0 Å². The number of rotatable bonds is 3. The molecule has 0 aliphatic carbocycles. The van der Waals surface area contributed by atoms with Crippen molar-refractivity contribution in [1.29, 1.82) is 0 Å². The van der Waals surface area contributed by atoms with Crippen LogP contribution >= 0.6 is 30.3 Å². The average molecular weight is 232 g/mol. The Hall–Kier alpha value is 1.19. The lowest BCUT2D eigenvalue weighted by Crippen LogP contribution is -2.33. The first-order valence-electron chi connectivity index (χ1n) is 3.53. The number of hydrogen-bond donors (Lipinski definition) is 0. The van der Waals surface area contributed by atoms with Crippen molar-refractivity contribution in [3.05, 3.63) is 0 Å². The van der Waals surface area contributed by atoms with E-state index in [9.17, 15) is 0 Å². The van der Waals surface area contributed by atoms with E-state index >= 15 is 0 Å². The topological polar surface area (TPSA) is 3.24 Å². The lowest BCUT2D eigenvalue weighted by molar-refractivity contribution is 0.687. The highest BCUT2D eigenvalue weighted by molar-refractivity contribution is 7.85. The molecule has 0 radical (unpaired) electrons. The summed E-state index contributed by atoms with van der Waals surface area (Å²) >= 11 is 12.4. The molecule has 0 heterocycles. The Bertz CT molecular complexity index is 126. The third-order valence-corrected chi connectivity index (χ3v) is 11.7. The molecule has 0 rings (SSSR count). The van der Waals surface area contributed by atoms with Crippen molar-refractivity contribution >= 4 is 38.3 Å². The summed E-state index contributed by atoms with van der Waals surface area (Å²) in [6.45, 7) is 6.73. The second-order valence-electron chi connectivity index (χ2n) is 3.84. The largest absolute Gasteiger partial charge is 0.275 e. The maximum atomic E-state index is 6.22. The lowest BCUT2D eigenvalue weighted by atomic mass is 11.3. The van der Waals surface area contributed by atoms with Gasteiger partial charge in [-0.25, -0.2) is 0 Å². The molecule has 0 aliphatic rings. The summed E-state index contributed by atoms with van der Waals surface area (Å²) in [7, 11) is 2.04. The highest BCUT2D eigenvalue weighted by atomic mass is 35.7. The number of halogens is 2. The minimum Gasteiger partial charge on any atom is -0.275 e. The molecular formula is C6H16Cl2NPSi. The van der Waals surface area contributed by atoms with Gasteiger partial charge in [-0.05, 0) is 14.1 Å². The molecule has 0 fully saturated rings. The summed E-state index contributed by atoms with van der Waals surface area (Å²) in [5, 5.41) is 0. The van der Waals surface area contributed by atoms with Crippen LogP contribution in [0.1, 0.15) is 0 Å². The zero-order valence-electron chi connectivity index (χ0n) is 7.73. The van der Waals surface area contributed by atoms with Gasteiger partial charge in [-0.2, -0.15) is 0 Å². The summed E-state index contributed by atoms with van der Waals surface area (Å²) in [5.41, 5.74) is 0. The minimum atomic E-state index is -1.27. The van der Waals surface area contributed by atoms with E-state index in [1.807, 2.05) is 18.8 Å². The van der Waals surface area contributed by atoms with Gasteiger partial charge in [0.1, 0.15) is 0 Å². The van der Waals surface area contributed by atoms with Crippen molar-refractivity contribution in [3.63, 3.8) is 0 Å². The van der Waals surface area contributed by atoms with Crippen LogP contribution in [0.5, 0.6) is 0 Å². The number of nitrogens with zero attached hydrogens (tertiary/aromatic N) is 1. The quantitative estimate of drug-likeness (QED) is 0.408. The standard InChI is InChI=1S/C6H16Cl2NPSi/c1-9(2)10(8)6(7)11(3,4)5/h6H,1-5H3. The summed E-state index contributed by atoms with van der Waals surface area (Å²) in [6.07, 6.45) is 0. The Balaban J connectivity index is 4.13. The molecule has 0 N–H and O–H groups in total. The van der Waals surface area contributed by atoms with E-state index in [1.165, 1.54) is 0 Å². The molecule has 2 unspecified atom stereocenters. The SMILES string of the molecule is CN(C)P(Cl)C(Cl)[Si](C)(C)C. The molecule has 0 aliphatic heterocycles. The normalized spacial score (nSPS) is 18.5. The highest BCUT2D eigenvalue weighted by Crippen LogP contribution is 2.53. The zero-order valence-corrected chi connectivity index (χ0v) is 11.1. The van der Waals surface area contributed by atoms with Crippen molar-refractivity contribution in [2.75, 3.05) is 14.1 Å². The molecule has 0 spiro atoms. The molecule has 0 amide bonds. The smallest absolute Gasteiger partial charge is 0.0774 e. The van der Waals surface area contributed by atoms with Crippen molar-refractivity contribution < 1.29 is 0 Å². The Labute approximate surface area is 81.7 Å². The van der Waals surface area contributed by atoms with Crippen LogP contribution in [0.2, 0.25) is 19.6 Å². The fourth-order valence-electron chi connectivity index (χ4n) is 0.522. The number of hydrogen-bond acceptors (Lipinski definition) is 1. The van der Waals surface area contributed by atoms with Gasteiger partial charge in [-0.15, -0.1) is 11.6 Å². The Morgan fingerprint density at radius 3 is 1.73 bits per heavy atom. The van der Waals surface area contributed by atoms with Gasteiger partial charge in [0.05, 0.1) is 20.2 Å². The van der Waals surface area contributed by atoms with Crippen LogP contribution in [0.25, 0.3) is 0 Å². The summed E-state index contributed by atoms with van der Waals surface area (Å²) < 4.78 is 2.20. The van der Waals surface area contributed by atoms with Crippen LogP contribution in [-0.2, 0) is 0 Å². The van der Waals surface area contributed by atoms with Gasteiger partial charge >= 0.3 is 0 Å². The summed E-state index contributed by atoms with van der Waals surface area (Å²) in [5.74, 6) is 0. The maximum absolute atomic E-state index is 6.22. The molecule has 0 aromatic rings. The fraction of sp³-hybridized carbons (Fsp3) is 1.00. The van der Waals surface area contributed by atoms with Gasteiger partial charge in [0.15, 0.2) is 0 Å². The first-order chi connectivity index (χ1) is 4.76. The molecule has 0 saturated heterocycles. The molecule has 5 heteroatoms. The molecule has 0 aromatic carbocycles. The minimum absolute atomic E-state index is 0.175. The second-order valence-corrected chi connectivity index (χ2v) is 13.7. The Kier molecular flexibility index (Phi) is 4.91. The van der Waals surface area contributed by atoms with E-state index in [0.717, 1.165) is 0 Å². The monoisotopic (exact) mass is 231 g/mol. The Morgan fingerprint density at radius 2 is 1.64 bits per heavy atom. The van der Waals surface area contributed by atoms with Gasteiger partial charge < -0.3 is 0 Å². The summed E-state index contributed by atoms with van der Waals surface area (Å²) in [4.78, 5) is 0. The highest BCUT2D eigenvalue weighted by Gasteiger charge is 2.32. The molecular weight excluding hydrogens is 216 g/mol. The fourth-order valence-corrected chi connectivity index (χ4v) is 7.34. The third kappa shape index (κ3) is 4.09. The van der Waals surface area contributed by atoms with E-state index in [4.69, 9.17) is 22.8 Å². The van der Waals surface area contributed by atoms with E-state index in [-0.39, 0.29) is 4.74 Å². The van der Waals surface area contributed by atoms with Crippen LogP contribution in [0, 0.1) is 0 Å². The molecule has 0 bridgehead atoms. The third-order valence-electron chi connectivity index (χ3n) is 1.28. The van der Waals surface area contributed by atoms with E-state index in [0.29, 0.717) is 0 Å². The van der Waals surface area contributed by atoms with E-state index < -0.39 is 15.5 Å². The van der Waals surface area contributed by atoms with Gasteiger partial charge in [-0.1, -0.05) is 30.9 Å². The van der Waals surface area contributed by atoms with Gasteiger partial charge in [-0.3, -0.25) is 4.67 Å². The van der Waals surface area contributed by atoms with Crippen LogP contribution in [-0.4, -0.2) is 31.6 Å². The molecule has 68 valence electrons. The van der Waals surface area contributed by atoms with Gasteiger partial charge in [0.25, 0.3) is 0 Å². The first kappa shape index (κ1) is 12.2. The summed E-state index contributed by atoms with van der Waals surface area (Å²) in [6, 6.07) is 0. The molecule has 1 nitrogen and oxygen atoms in total. The average Bonchev–Trinajstić information content (AvgIpc) is 1.82. The predicted molar refractivity (Wildman–Crippen MR) is 59.4 cm³/mol. The molecule has 11 heavy (non-hydrogen) atoms. The molecule has 0 aromatic heterocycles. The van der Waals surface area contributed by atoms with Crippen molar-refractivity contribution in [1.82, 2.24) is 4.67 Å². The van der Waals surface area contributed by atoms with Crippen LogP contribution < -0.4 is 0 Å². The van der Waals surface area contributed by atoms with Crippen LogP contribution in [0.3, 0.4) is 0 Å². The second kappa shape index (κ2) is 4.43. The van der Waals surface area contributed by atoms with Crippen molar-refractivity contribution in [2.24, 2.45) is 0 Å². The first-order valence-corrected chi connectivity index (χ1v) is 9.81. The maximum Gasteiger partial charge on any atom is 0.0774 e. The molecule has 0 saturated carbocycles. The molecule has 2 atom stereocenters. The predicted octanol–water partition coefficient (Wildman–Crippen LogP) is 3.54. The van der Waals surface area contributed by atoms with Crippen molar-refractivity contribution in [2.45, 2.75) is 24.4 Å². The zero-order chi connectivity index (χ0) is 9.23. The van der Waals surface area contributed by atoms with E-state index in [2.05, 4.69) is 19.6 Å². The lowest BCUT2D eigenvalue weighted by Gasteiger charge is -2.30. The van der Waals surface area contributed by atoms with Gasteiger partial charge in [0, 0.05) is 0 Å². The van der Waals surface area contributed by atoms with E-state index in [1.54, 1.807) is 0 Å². The Morgan fingerprint density at radius 1 is 1.27 bits per heavy atom. The number of alkyl halides is 1. The van der Waals surface area contributed by atoms with Gasteiger partial charge in [0.2, 0.25) is 0 Å². The van der Waals surface area contributed by atoms with Crippen LogP contribution in [0.4, 0.5) is 0 Å². The van der Waals surface area contributed by atoms with Crippen LogP contribution in [0.15, 0.2) is 0 Å².